The molecule has 0 aromatic heterocycles. The van der Waals surface area contributed by atoms with E-state index in [0.29, 0.717) is 11.1 Å². The standard InChI is InChI=1S/C26H22N2O4/c27-14-16-9-11-17(12-10-16)25(23(28)13-24(29)30)26(31)32-15-22-20-7-3-1-5-18(20)19-6-2-4-8-21(19)22/h1-12,22-23,25H,13,15,28H2,(H,29,30)/t23-,25?/m1/s1. The Labute approximate surface area is 185 Å². The van der Waals surface area contributed by atoms with Crippen molar-refractivity contribution in [1.82, 2.24) is 0 Å². The van der Waals surface area contributed by atoms with E-state index in [-0.39, 0.29) is 18.9 Å². The molecule has 3 aromatic carbocycles. The second-order valence-electron chi connectivity index (χ2n) is 7.83. The zero-order valence-electron chi connectivity index (χ0n) is 17.3. The van der Waals surface area contributed by atoms with Gasteiger partial charge in [-0.3, -0.25) is 9.59 Å². The maximum atomic E-state index is 13.1. The summed E-state index contributed by atoms with van der Waals surface area (Å²) in [6.45, 7) is 0.124. The van der Waals surface area contributed by atoms with Crippen molar-refractivity contribution in [2.24, 2.45) is 5.73 Å². The highest BCUT2D eigenvalue weighted by Crippen LogP contribution is 2.44. The number of aliphatic carboxylic acids is 1. The highest BCUT2D eigenvalue weighted by Gasteiger charge is 2.33. The zero-order valence-corrected chi connectivity index (χ0v) is 17.3. The third-order valence-electron chi connectivity index (χ3n) is 5.85. The Morgan fingerprint density at radius 2 is 1.53 bits per heavy atom. The maximum Gasteiger partial charge on any atom is 0.315 e. The molecule has 0 amide bonds. The molecule has 2 atom stereocenters. The molecule has 0 fully saturated rings. The fourth-order valence-corrected chi connectivity index (χ4v) is 4.34. The van der Waals surface area contributed by atoms with Gasteiger partial charge in [0.25, 0.3) is 0 Å². The first-order valence-electron chi connectivity index (χ1n) is 10.3. The molecule has 0 saturated heterocycles. The summed E-state index contributed by atoms with van der Waals surface area (Å²) in [6, 6.07) is 23.5. The minimum atomic E-state index is -1.09. The fraction of sp³-hybridized carbons (Fsp3) is 0.192. The van der Waals surface area contributed by atoms with Gasteiger partial charge in [0.2, 0.25) is 0 Å². The van der Waals surface area contributed by atoms with Crippen LogP contribution in [0.25, 0.3) is 11.1 Å². The van der Waals surface area contributed by atoms with Gasteiger partial charge in [-0.05, 0) is 39.9 Å². The molecule has 1 aliphatic carbocycles. The van der Waals surface area contributed by atoms with E-state index < -0.39 is 23.9 Å². The third kappa shape index (κ3) is 4.11. The number of hydrogen-bond acceptors (Lipinski definition) is 5. The monoisotopic (exact) mass is 426 g/mol. The van der Waals surface area contributed by atoms with Crippen LogP contribution in [-0.2, 0) is 14.3 Å². The summed E-state index contributed by atoms with van der Waals surface area (Å²) >= 11 is 0. The van der Waals surface area contributed by atoms with E-state index in [4.69, 9.17) is 15.7 Å². The molecular weight excluding hydrogens is 404 g/mol. The van der Waals surface area contributed by atoms with Gasteiger partial charge in [-0.2, -0.15) is 5.26 Å². The van der Waals surface area contributed by atoms with E-state index in [9.17, 15) is 14.7 Å². The molecule has 1 aliphatic rings. The fourth-order valence-electron chi connectivity index (χ4n) is 4.34. The Morgan fingerprint density at radius 1 is 0.969 bits per heavy atom. The first-order chi connectivity index (χ1) is 15.5. The predicted molar refractivity (Wildman–Crippen MR) is 119 cm³/mol. The number of carbonyl (C=O) groups is 2. The molecule has 6 nitrogen and oxygen atoms in total. The lowest BCUT2D eigenvalue weighted by atomic mass is 9.89. The number of carboxylic acids is 1. The summed E-state index contributed by atoms with van der Waals surface area (Å²) < 4.78 is 5.74. The highest BCUT2D eigenvalue weighted by molar-refractivity contribution is 5.82. The molecule has 3 aromatic rings. The van der Waals surface area contributed by atoms with Gasteiger partial charge < -0.3 is 15.6 Å². The summed E-state index contributed by atoms with van der Waals surface area (Å²) in [7, 11) is 0. The molecular formula is C26H22N2O4. The molecule has 3 N–H and O–H groups in total. The van der Waals surface area contributed by atoms with Crippen LogP contribution in [0.15, 0.2) is 72.8 Å². The van der Waals surface area contributed by atoms with Crippen molar-refractivity contribution < 1.29 is 19.4 Å². The second-order valence-corrected chi connectivity index (χ2v) is 7.83. The number of nitrogens with zero attached hydrogens (tertiary/aromatic N) is 1. The SMILES string of the molecule is N#Cc1ccc(C(C(=O)OCC2c3ccccc3-c3ccccc32)[C@H](N)CC(=O)O)cc1. The summed E-state index contributed by atoms with van der Waals surface area (Å²) in [6.07, 6.45) is -0.380. The van der Waals surface area contributed by atoms with E-state index in [1.165, 1.54) is 0 Å². The lowest BCUT2D eigenvalue weighted by Gasteiger charge is -2.23. The number of nitriles is 1. The number of benzene rings is 3. The summed E-state index contributed by atoms with van der Waals surface area (Å²) in [5.74, 6) is -2.73. The normalized spacial score (nSPS) is 14.0. The molecule has 0 aliphatic heterocycles. The largest absolute Gasteiger partial charge is 0.481 e. The van der Waals surface area contributed by atoms with E-state index in [1.54, 1.807) is 24.3 Å². The maximum absolute atomic E-state index is 13.1. The van der Waals surface area contributed by atoms with Crippen LogP contribution in [0.4, 0.5) is 0 Å². The summed E-state index contributed by atoms with van der Waals surface area (Å²) in [4.78, 5) is 24.4. The van der Waals surface area contributed by atoms with Gasteiger partial charge in [-0.1, -0.05) is 60.7 Å². The molecule has 0 bridgehead atoms. The number of rotatable bonds is 7. The van der Waals surface area contributed by atoms with Crippen molar-refractivity contribution in [3.05, 3.63) is 95.1 Å². The molecule has 0 heterocycles. The van der Waals surface area contributed by atoms with Crippen LogP contribution in [0.5, 0.6) is 0 Å². The Kier molecular flexibility index (Phi) is 6.02. The van der Waals surface area contributed by atoms with Gasteiger partial charge in [-0.25, -0.2) is 0 Å². The number of hydrogen-bond donors (Lipinski definition) is 2. The Bertz CT molecular complexity index is 1150. The lowest BCUT2D eigenvalue weighted by Crippen LogP contribution is -2.37. The molecule has 32 heavy (non-hydrogen) atoms. The predicted octanol–water partition coefficient (Wildman–Crippen LogP) is 3.80. The average molecular weight is 426 g/mol. The molecule has 0 radical (unpaired) electrons. The van der Waals surface area contributed by atoms with Gasteiger partial charge in [-0.15, -0.1) is 0 Å². The highest BCUT2D eigenvalue weighted by atomic mass is 16.5. The molecule has 0 spiro atoms. The lowest BCUT2D eigenvalue weighted by molar-refractivity contribution is -0.146. The number of esters is 1. The zero-order chi connectivity index (χ0) is 22.7. The summed E-state index contributed by atoms with van der Waals surface area (Å²) in [5, 5.41) is 18.2. The minimum Gasteiger partial charge on any atom is -0.481 e. The van der Waals surface area contributed by atoms with Gasteiger partial charge in [0.15, 0.2) is 0 Å². The summed E-state index contributed by atoms with van der Waals surface area (Å²) in [5.41, 5.74) is 11.5. The second kappa shape index (κ2) is 9.04. The van der Waals surface area contributed by atoms with Gasteiger partial charge in [0.05, 0.1) is 24.0 Å². The van der Waals surface area contributed by atoms with Crippen LogP contribution in [0.1, 0.15) is 40.5 Å². The van der Waals surface area contributed by atoms with E-state index in [1.807, 2.05) is 42.5 Å². The first-order valence-corrected chi connectivity index (χ1v) is 10.3. The number of fused-ring (bicyclic) bond motifs is 3. The van der Waals surface area contributed by atoms with E-state index in [0.717, 1.165) is 22.3 Å². The Balaban J connectivity index is 1.58. The van der Waals surface area contributed by atoms with Crippen molar-refractivity contribution in [3.8, 4) is 17.2 Å². The van der Waals surface area contributed by atoms with Crippen LogP contribution in [0, 0.1) is 11.3 Å². The van der Waals surface area contributed by atoms with E-state index >= 15 is 0 Å². The first kappa shape index (κ1) is 21.3. The third-order valence-corrected chi connectivity index (χ3v) is 5.85. The number of nitrogens with two attached hydrogens (primary N) is 1. The quantitative estimate of drug-likeness (QED) is 0.556. The van der Waals surface area contributed by atoms with E-state index in [2.05, 4.69) is 12.1 Å². The van der Waals surface area contributed by atoms with Crippen molar-refractivity contribution in [2.75, 3.05) is 6.61 Å². The van der Waals surface area contributed by atoms with Crippen molar-refractivity contribution in [3.63, 3.8) is 0 Å². The molecule has 160 valence electrons. The minimum absolute atomic E-state index is 0.108. The average Bonchev–Trinajstić information content (AvgIpc) is 3.11. The van der Waals surface area contributed by atoms with Crippen molar-refractivity contribution >= 4 is 11.9 Å². The molecule has 6 heteroatoms. The van der Waals surface area contributed by atoms with Gasteiger partial charge >= 0.3 is 11.9 Å². The number of ether oxygens (including phenoxy) is 1. The van der Waals surface area contributed by atoms with Crippen molar-refractivity contribution in [1.29, 1.82) is 5.26 Å². The van der Waals surface area contributed by atoms with Crippen molar-refractivity contribution in [2.45, 2.75) is 24.3 Å². The number of carboxylic acid groups (broad SMARTS) is 1. The molecule has 0 saturated carbocycles. The van der Waals surface area contributed by atoms with Crippen LogP contribution in [0.3, 0.4) is 0 Å². The molecule has 1 unspecified atom stereocenters. The van der Waals surface area contributed by atoms with Crippen LogP contribution in [0.2, 0.25) is 0 Å². The Hall–Kier alpha value is -3.95. The number of carbonyl (C=O) groups excluding carboxylic acids is 1. The van der Waals surface area contributed by atoms with Gasteiger partial charge in [0, 0.05) is 12.0 Å². The Morgan fingerprint density at radius 3 is 2.06 bits per heavy atom. The van der Waals surface area contributed by atoms with Gasteiger partial charge in [0.1, 0.15) is 6.61 Å². The van der Waals surface area contributed by atoms with Crippen LogP contribution in [-0.4, -0.2) is 29.7 Å². The van der Waals surface area contributed by atoms with Crippen LogP contribution >= 0.6 is 0 Å². The molecule has 4 rings (SSSR count). The smallest absolute Gasteiger partial charge is 0.315 e. The van der Waals surface area contributed by atoms with Crippen LogP contribution < -0.4 is 5.73 Å². The topological polar surface area (TPSA) is 113 Å².